The van der Waals surface area contributed by atoms with E-state index in [0.29, 0.717) is 24.7 Å². The lowest BCUT2D eigenvalue weighted by Crippen LogP contribution is -2.41. The van der Waals surface area contributed by atoms with Gasteiger partial charge >= 0.3 is 5.97 Å². The highest BCUT2D eigenvalue weighted by Gasteiger charge is 2.40. The van der Waals surface area contributed by atoms with Crippen LogP contribution < -0.4 is 0 Å². The molecule has 8 heteroatoms. The van der Waals surface area contributed by atoms with Crippen molar-refractivity contribution in [2.45, 2.75) is 38.3 Å². The van der Waals surface area contributed by atoms with Crippen LogP contribution in [-0.4, -0.2) is 69.6 Å². The highest BCUT2D eigenvalue weighted by Crippen LogP contribution is 2.23. The zero-order valence-electron chi connectivity index (χ0n) is 15.8. The van der Waals surface area contributed by atoms with Gasteiger partial charge in [0, 0.05) is 31.0 Å². The van der Waals surface area contributed by atoms with Gasteiger partial charge in [-0.3, -0.25) is 4.79 Å². The van der Waals surface area contributed by atoms with E-state index in [1.165, 1.54) is 4.90 Å². The van der Waals surface area contributed by atoms with E-state index in [0.717, 1.165) is 11.1 Å². The molecule has 0 bridgehead atoms. The van der Waals surface area contributed by atoms with Gasteiger partial charge in [0.25, 0.3) is 0 Å². The minimum atomic E-state index is -0.965. The number of hydrogen-bond acceptors (Lipinski definition) is 6. The number of aliphatic carboxylic acids is 1. The fourth-order valence-corrected chi connectivity index (χ4v) is 3.34. The third-order valence-electron chi connectivity index (χ3n) is 5.02. The second-order valence-corrected chi connectivity index (χ2v) is 7.08. The Kier molecular flexibility index (Phi) is 5.55. The van der Waals surface area contributed by atoms with E-state index in [2.05, 4.69) is 10.1 Å². The minimum absolute atomic E-state index is 0.0473. The highest BCUT2D eigenvalue weighted by atomic mass is 16.5. The number of carbonyl (C=O) groups is 2. The molecule has 2 atom stereocenters. The van der Waals surface area contributed by atoms with Gasteiger partial charge in [-0.1, -0.05) is 29.4 Å². The first-order valence-corrected chi connectivity index (χ1v) is 8.94. The van der Waals surface area contributed by atoms with Gasteiger partial charge in [-0.05, 0) is 33.0 Å². The molecular weight excluding hydrogens is 348 g/mol. The Labute approximate surface area is 157 Å². The molecule has 1 amide bonds. The number of nitrogens with zero attached hydrogens (tertiary/aromatic N) is 4. The molecular formula is C19H24N4O4. The fraction of sp³-hybridized carbons (Fsp3) is 0.474. The van der Waals surface area contributed by atoms with E-state index < -0.39 is 12.0 Å². The molecule has 1 N–H and O–H groups in total. The molecule has 2 aromatic rings. The summed E-state index contributed by atoms with van der Waals surface area (Å²) >= 11 is 0. The van der Waals surface area contributed by atoms with Crippen molar-refractivity contribution in [2.75, 3.05) is 20.6 Å². The normalized spacial score (nSPS) is 19.6. The number of aryl methyl sites for hydroxylation is 2. The van der Waals surface area contributed by atoms with Crippen LogP contribution in [0.15, 0.2) is 28.8 Å². The van der Waals surface area contributed by atoms with Gasteiger partial charge in [-0.25, -0.2) is 4.79 Å². The first-order valence-electron chi connectivity index (χ1n) is 8.94. The third kappa shape index (κ3) is 4.16. The first kappa shape index (κ1) is 19.0. The zero-order chi connectivity index (χ0) is 19.6. The van der Waals surface area contributed by atoms with Gasteiger partial charge in [-0.15, -0.1) is 0 Å². The van der Waals surface area contributed by atoms with Gasteiger partial charge in [-0.2, -0.15) is 4.98 Å². The van der Waals surface area contributed by atoms with E-state index in [1.807, 2.05) is 50.2 Å². The van der Waals surface area contributed by atoms with Crippen molar-refractivity contribution in [2.24, 2.45) is 0 Å². The van der Waals surface area contributed by atoms with Crippen LogP contribution in [0.25, 0.3) is 11.4 Å². The number of carbonyl (C=O) groups excluding carboxylic acids is 1. The molecule has 1 aromatic carbocycles. The largest absolute Gasteiger partial charge is 0.480 e. The van der Waals surface area contributed by atoms with Gasteiger partial charge in [0.1, 0.15) is 6.04 Å². The Bertz CT molecular complexity index is 833. The van der Waals surface area contributed by atoms with Gasteiger partial charge in [0.05, 0.1) is 0 Å². The smallest absolute Gasteiger partial charge is 0.326 e. The average molecular weight is 372 g/mol. The minimum Gasteiger partial charge on any atom is -0.480 e. The number of carboxylic acids is 1. The van der Waals surface area contributed by atoms with E-state index in [-0.39, 0.29) is 24.8 Å². The van der Waals surface area contributed by atoms with Crippen molar-refractivity contribution in [3.05, 3.63) is 35.7 Å². The predicted molar refractivity (Wildman–Crippen MR) is 98.0 cm³/mol. The quantitative estimate of drug-likeness (QED) is 0.822. The predicted octanol–water partition coefficient (Wildman–Crippen LogP) is 1.59. The maximum atomic E-state index is 12.6. The number of aromatic nitrogens is 2. The first-order chi connectivity index (χ1) is 12.9. The summed E-state index contributed by atoms with van der Waals surface area (Å²) in [4.78, 5) is 31.9. The van der Waals surface area contributed by atoms with Crippen LogP contribution in [0.5, 0.6) is 0 Å². The number of likely N-dealkylation sites (tertiary alicyclic amines) is 1. The molecule has 2 heterocycles. The lowest BCUT2D eigenvalue weighted by molar-refractivity contribution is -0.148. The summed E-state index contributed by atoms with van der Waals surface area (Å²) in [5.74, 6) is -0.306. The van der Waals surface area contributed by atoms with E-state index in [4.69, 9.17) is 4.52 Å². The Hall–Kier alpha value is -2.74. The van der Waals surface area contributed by atoms with Crippen LogP contribution in [0.2, 0.25) is 0 Å². The van der Waals surface area contributed by atoms with Crippen molar-refractivity contribution >= 4 is 11.9 Å². The second-order valence-electron chi connectivity index (χ2n) is 7.08. The third-order valence-corrected chi connectivity index (χ3v) is 5.02. The molecule has 1 aromatic heterocycles. The number of hydrogen-bond donors (Lipinski definition) is 1. The van der Waals surface area contributed by atoms with Crippen LogP contribution in [0.1, 0.15) is 24.3 Å². The van der Waals surface area contributed by atoms with Gasteiger partial charge in [0.2, 0.25) is 17.6 Å². The standard InChI is InChI=1S/C19H24N4O4/c1-12-6-4-5-7-14(12)18-20-16(27-21-18)8-9-17(24)23-11-13(22(2)3)10-15(23)19(25)26/h4-7,13,15H,8-11H2,1-3H3,(H,25,26)/t13-,15+/m1/s1. The Morgan fingerprint density at radius 2 is 2.07 bits per heavy atom. The molecule has 27 heavy (non-hydrogen) atoms. The summed E-state index contributed by atoms with van der Waals surface area (Å²) in [7, 11) is 3.78. The molecule has 3 rings (SSSR count). The molecule has 1 saturated heterocycles. The summed E-state index contributed by atoms with van der Waals surface area (Å²) in [5, 5.41) is 13.4. The monoisotopic (exact) mass is 372 g/mol. The molecule has 1 aliphatic heterocycles. The van der Waals surface area contributed by atoms with Crippen LogP contribution in [-0.2, 0) is 16.0 Å². The molecule has 1 aliphatic rings. The van der Waals surface area contributed by atoms with Crippen molar-refractivity contribution in [1.29, 1.82) is 0 Å². The number of carboxylic acid groups (broad SMARTS) is 1. The van der Waals surface area contributed by atoms with Crippen molar-refractivity contribution in [3.8, 4) is 11.4 Å². The van der Waals surface area contributed by atoms with Crippen LogP contribution in [0, 0.1) is 6.92 Å². The fourth-order valence-electron chi connectivity index (χ4n) is 3.34. The summed E-state index contributed by atoms with van der Waals surface area (Å²) < 4.78 is 5.26. The Balaban J connectivity index is 1.64. The Morgan fingerprint density at radius 1 is 1.33 bits per heavy atom. The molecule has 1 fully saturated rings. The number of amides is 1. The van der Waals surface area contributed by atoms with Crippen molar-refractivity contribution < 1.29 is 19.2 Å². The molecule has 8 nitrogen and oxygen atoms in total. The lowest BCUT2D eigenvalue weighted by atomic mass is 10.1. The number of rotatable bonds is 6. The summed E-state index contributed by atoms with van der Waals surface area (Å²) in [6, 6.07) is 6.99. The maximum absolute atomic E-state index is 12.6. The van der Waals surface area contributed by atoms with E-state index in [1.54, 1.807) is 0 Å². The summed E-state index contributed by atoms with van der Waals surface area (Å²) in [6.07, 6.45) is 0.860. The summed E-state index contributed by atoms with van der Waals surface area (Å²) in [5.41, 5.74) is 1.93. The molecule has 0 saturated carbocycles. The molecule has 0 radical (unpaired) electrons. The molecule has 0 spiro atoms. The van der Waals surface area contributed by atoms with E-state index >= 15 is 0 Å². The van der Waals surface area contributed by atoms with Crippen LogP contribution >= 0.6 is 0 Å². The second kappa shape index (κ2) is 7.87. The molecule has 144 valence electrons. The van der Waals surface area contributed by atoms with Gasteiger partial charge < -0.3 is 19.4 Å². The van der Waals surface area contributed by atoms with Gasteiger partial charge in [0.15, 0.2) is 0 Å². The zero-order valence-corrected chi connectivity index (χ0v) is 15.8. The maximum Gasteiger partial charge on any atom is 0.326 e. The lowest BCUT2D eigenvalue weighted by Gasteiger charge is -2.22. The van der Waals surface area contributed by atoms with Crippen LogP contribution in [0.4, 0.5) is 0 Å². The topological polar surface area (TPSA) is 99.8 Å². The molecule has 0 aliphatic carbocycles. The highest BCUT2D eigenvalue weighted by molar-refractivity contribution is 5.84. The van der Waals surface area contributed by atoms with Crippen molar-refractivity contribution in [1.82, 2.24) is 19.9 Å². The number of likely N-dealkylation sites (N-methyl/N-ethyl adjacent to an activating group) is 1. The SMILES string of the molecule is Cc1ccccc1-c1noc(CCC(=O)N2C[C@H](N(C)C)C[C@H]2C(=O)O)n1. The average Bonchev–Trinajstić information content (AvgIpc) is 3.27. The molecule has 0 unspecified atom stereocenters. The van der Waals surface area contributed by atoms with Crippen LogP contribution in [0.3, 0.4) is 0 Å². The summed E-state index contributed by atoms with van der Waals surface area (Å²) in [6.45, 7) is 2.39. The van der Waals surface area contributed by atoms with E-state index in [9.17, 15) is 14.7 Å². The van der Waals surface area contributed by atoms with Crippen molar-refractivity contribution in [3.63, 3.8) is 0 Å². The Morgan fingerprint density at radius 3 is 2.74 bits per heavy atom. The number of benzene rings is 1.